The summed E-state index contributed by atoms with van der Waals surface area (Å²) in [6.45, 7) is 1.12. The molecule has 26 heavy (non-hydrogen) atoms. The summed E-state index contributed by atoms with van der Waals surface area (Å²) in [6.07, 6.45) is -0.536. The lowest BCUT2D eigenvalue weighted by Crippen LogP contribution is -2.26. The third-order valence-electron chi connectivity index (χ3n) is 3.97. The van der Waals surface area contributed by atoms with Gasteiger partial charge in [0, 0.05) is 22.5 Å². The summed E-state index contributed by atoms with van der Waals surface area (Å²) in [5, 5.41) is 1.82. The highest BCUT2D eigenvalue weighted by Crippen LogP contribution is 2.25. The van der Waals surface area contributed by atoms with Crippen LogP contribution in [0.2, 0.25) is 0 Å². The van der Waals surface area contributed by atoms with E-state index in [1.165, 1.54) is 18.4 Å². The van der Waals surface area contributed by atoms with Crippen LogP contribution < -0.4 is 15.4 Å². The molecule has 1 atom stereocenters. The van der Waals surface area contributed by atoms with Gasteiger partial charge in [-0.25, -0.2) is 4.79 Å². The van der Waals surface area contributed by atoms with Crippen molar-refractivity contribution in [3.63, 3.8) is 0 Å². The normalized spacial score (nSPS) is 16.5. The van der Waals surface area contributed by atoms with E-state index in [-0.39, 0.29) is 25.1 Å². The Bertz CT molecular complexity index is 774. The average molecular weight is 376 g/mol. The van der Waals surface area contributed by atoms with Gasteiger partial charge in [-0.3, -0.25) is 9.69 Å². The first kappa shape index (κ1) is 18.2. The van der Waals surface area contributed by atoms with Crippen LogP contribution in [-0.4, -0.2) is 38.4 Å². The number of thiophene rings is 1. The zero-order valence-electron chi connectivity index (χ0n) is 14.3. The van der Waals surface area contributed by atoms with Gasteiger partial charge in [-0.1, -0.05) is 12.1 Å². The number of amides is 1. The molecule has 1 aromatic carbocycles. The van der Waals surface area contributed by atoms with E-state index >= 15 is 0 Å². The van der Waals surface area contributed by atoms with E-state index in [0.29, 0.717) is 18.8 Å². The van der Waals surface area contributed by atoms with Crippen LogP contribution in [0.25, 0.3) is 0 Å². The van der Waals surface area contributed by atoms with Crippen molar-refractivity contribution in [3.05, 3.63) is 46.2 Å². The molecule has 1 unspecified atom stereocenters. The van der Waals surface area contributed by atoms with Crippen LogP contribution in [0.5, 0.6) is 5.75 Å². The Balaban J connectivity index is 1.53. The van der Waals surface area contributed by atoms with E-state index in [2.05, 4.69) is 4.74 Å². The quantitative estimate of drug-likeness (QED) is 0.746. The van der Waals surface area contributed by atoms with Crippen molar-refractivity contribution in [2.75, 3.05) is 25.2 Å². The maximum Gasteiger partial charge on any atom is 0.414 e. The predicted octanol–water partition coefficient (Wildman–Crippen LogP) is 2.33. The van der Waals surface area contributed by atoms with Crippen molar-refractivity contribution < 1.29 is 23.8 Å². The van der Waals surface area contributed by atoms with Crippen LogP contribution in [0.15, 0.2) is 35.7 Å². The number of hydrogen-bond acceptors (Lipinski definition) is 7. The molecular weight excluding hydrogens is 356 g/mol. The second-order valence-corrected chi connectivity index (χ2v) is 6.80. The van der Waals surface area contributed by atoms with Gasteiger partial charge in [0.1, 0.15) is 12.4 Å². The monoisotopic (exact) mass is 376 g/mol. The van der Waals surface area contributed by atoms with Crippen molar-refractivity contribution in [3.8, 4) is 5.75 Å². The number of anilines is 1. The number of carbonyl (C=O) groups excluding carboxylic acids is 2. The zero-order chi connectivity index (χ0) is 18.5. The first-order chi connectivity index (χ1) is 12.6. The fourth-order valence-electron chi connectivity index (χ4n) is 2.56. The highest BCUT2D eigenvalue weighted by atomic mass is 32.1. The summed E-state index contributed by atoms with van der Waals surface area (Å²) in [5.41, 5.74) is 7.36. The van der Waals surface area contributed by atoms with Crippen LogP contribution in [0.1, 0.15) is 10.4 Å². The van der Waals surface area contributed by atoms with E-state index in [4.69, 9.17) is 15.2 Å². The van der Waals surface area contributed by atoms with Crippen LogP contribution >= 0.6 is 11.3 Å². The number of hydrogen-bond donors (Lipinski definition) is 1. The summed E-state index contributed by atoms with van der Waals surface area (Å²) >= 11 is 1.42. The fraction of sp³-hybridized carbons (Fsp3) is 0.333. The summed E-state index contributed by atoms with van der Waals surface area (Å²) in [6, 6.07) is 9.28. The molecule has 2 N–H and O–H groups in total. The molecule has 2 heterocycles. The van der Waals surface area contributed by atoms with Gasteiger partial charge in [-0.05, 0) is 23.8 Å². The van der Waals surface area contributed by atoms with Gasteiger partial charge in [0.15, 0.2) is 6.10 Å². The molecular formula is C18H20N2O5S. The lowest BCUT2D eigenvalue weighted by molar-refractivity contribution is -0.139. The van der Waals surface area contributed by atoms with E-state index in [1.54, 1.807) is 11.0 Å². The molecule has 1 aliphatic rings. The Kier molecular flexibility index (Phi) is 5.75. The van der Waals surface area contributed by atoms with Crippen LogP contribution in [0.4, 0.5) is 10.5 Å². The second kappa shape index (κ2) is 8.20. The molecule has 1 aliphatic heterocycles. The molecule has 8 heteroatoms. The number of nitrogens with zero attached hydrogens (tertiary/aromatic N) is 1. The number of nitrogens with two attached hydrogens (primary N) is 1. The molecule has 1 saturated heterocycles. The van der Waals surface area contributed by atoms with Crippen molar-refractivity contribution in [2.24, 2.45) is 5.73 Å². The third-order valence-corrected chi connectivity index (χ3v) is 4.88. The van der Waals surface area contributed by atoms with Gasteiger partial charge in [0.05, 0.1) is 20.1 Å². The molecule has 0 radical (unpaired) electrons. The first-order valence-electron chi connectivity index (χ1n) is 8.13. The number of carbonyl (C=O) groups is 2. The van der Waals surface area contributed by atoms with Crippen molar-refractivity contribution in [1.82, 2.24) is 0 Å². The van der Waals surface area contributed by atoms with E-state index < -0.39 is 6.09 Å². The maximum atomic E-state index is 12.1. The van der Waals surface area contributed by atoms with Gasteiger partial charge in [0.25, 0.3) is 0 Å². The second-order valence-electron chi connectivity index (χ2n) is 5.80. The van der Waals surface area contributed by atoms with E-state index in [1.807, 2.05) is 29.6 Å². The summed E-state index contributed by atoms with van der Waals surface area (Å²) in [4.78, 5) is 25.8. The molecule has 0 saturated carbocycles. The Morgan fingerprint density at radius 1 is 1.38 bits per heavy atom. The molecule has 3 rings (SSSR count). The molecule has 7 nitrogen and oxygen atoms in total. The van der Waals surface area contributed by atoms with Gasteiger partial charge in [-0.2, -0.15) is 0 Å². The standard InChI is InChI=1S/C18H20N2O5S/c1-23-17(21)7-16-6-14(11-26-16)24-10-15-9-20(18(22)25-15)13-4-2-12(8-19)3-5-13/h2-6,11,15H,7-10,19H2,1H3. The predicted molar refractivity (Wildman–Crippen MR) is 97.5 cm³/mol. The Morgan fingerprint density at radius 3 is 2.85 bits per heavy atom. The maximum absolute atomic E-state index is 12.1. The van der Waals surface area contributed by atoms with Gasteiger partial charge >= 0.3 is 12.1 Å². The summed E-state index contributed by atoms with van der Waals surface area (Å²) in [5.74, 6) is 0.357. The molecule has 138 valence electrons. The SMILES string of the molecule is COC(=O)Cc1cc(OCC2CN(c3ccc(CN)cc3)C(=O)O2)cs1. The van der Waals surface area contributed by atoms with E-state index in [0.717, 1.165) is 16.1 Å². The third kappa shape index (κ3) is 4.33. The van der Waals surface area contributed by atoms with E-state index in [9.17, 15) is 9.59 Å². The number of rotatable bonds is 7. The topological polar surface area (TPSA) is 91.1 Å². The minimum absolute atomic E-state index is 0.218. The molecule has 2 aromatic rings. The minimum Gasteiger partial charge on any atom is -0.489 e. The number of ether oxygens (including phenoxy) is 3. The van der Waals surface area contributed by atoms with Crippen LogP contribution in [0.3, 0.4) is 0 Å². The van der Waals surface area contributed by atoms with Crippen molar-refractivity contribution in [2.45, 2.75) is 19.1 Å². The smallest absolute Gasteiger partial charge is 0.414 e. The molecule has 1 amide bonds. The molecule has 1 aromatic heterocycles. The molecule has 0 spiro atoms. The van der Waals surface area contributed by atoms with Gasteiger partial charge in [0.2, 0.25) is 0 Å². The highest BCUT2D eigenvalue weighted by molar-refractivity contribution is 7.10. The lowest BCUT2D eigenvalue weighted by Gasteiger charge is -2.13. The van der Waals surface area contributed by atoms with Crippen molar-refractivity contribution in [1.29, 1.82) is 0 Å². The van der Waals surface area contributed by atoms with Gasteiger partial charge in [-0.15, -0.1) is 11.3 Å². The Morgan fingerprint density at radius 2 is 2.15 bits per heavy atom. The number of esters is 1. The first-order valence-corrected chi connectivity index (χ1v) is 9.01. The average Bonchev–Trinajstić information content (AvgIpc) is 3.26. The molecule has 0 aliphatic carbocycles. The molecule has 1 fully saturated rings. The number of cyclic esters (lactones) is 1. The summed E-state index contributed by atoms with van der Waals surface area (Å²) < 4.78 is 15.7. The lowest BCUT2D eigenvalue weighted by atomic mass is 10.2. The minimum atomic E-state index is -0.393. The van der Waals surface area contributed by atoms with Crippen LogP contribution in [-0.2, 0) is 27.2 Å². The zero-order valence-corrected chi connectivity index (χ0v) is 15.2. The Hall–Kier alpha value is -2.58. The largest absolute Gasteiger partial charge is 0.489 e. The summed E-state index contributed by atoms with van der Waals surface area (Å²) in [7, 11) is 1.36. The van der Waals surface area contributed by atoms with Crippen molar-refractivity contribution >= 4 is 29.1 Å². The highest BCUT2D eigenvalue weighted by Gasteiger charge is 2.32. The van der Waals surface area contributed by atoms with Gasteiger partial charge < -0.3 is 19.9 Å². The number of benzene rings is 1. The fourth-order valence-corrected chi connectivity index (χ4v) is 3.35. The van der Waals surface area contributed by atoms with Crippen LogP contribution in [0, 0.1) is 0 Å². The molecule has 0 bridgehead atoms. The number of methoxy groups -OCH3 is 1. The Labute approximate surface area is 155 Å².